The zero-order valence-electron chi connectivity index (χ0n) is 10.4. The van der Waals surface area contributed by atoms with Crippen molar-refractivity contribution in [3.63, 3.8) is 0 Å². The number of benzene rings is 1. The van der Waals surface area contributed by atoms with Crippen molar-refractivity contribution in [2.45, 2.75) is 12.5 Å². The summed E-state index contributed by atoms with van der Waals surface area (Å²) in [6.45, 7) is 0. The molecule has 0 saturated carbocycles. The summed E-state index contributed by atoms with van der Waals surface area (Å²) in [6.07, 6.45) is 1.18. The Hall–Kier alpha value is -2.08. The fourth-order valence-electron chi connectivity index (χ4n) is 1.79. The van der Waals surface area contributed by atoms with Gasteiger partial charge in [-0.2, -0.15) is 0 Å². The van der Waals surface area contributed by atoms with Crippen LogP contribution in [0.25, 0.3) is 0 Å². The number of hydrogen-bond donors (Lipinski definition) is 2. The van der Waals surface area contributed by atoms with Gasteiger partial charge < -0.3 is 14.8 Å². The van der Waals surface area contributed by atoms with Crippen LogP contribution in [0.4, 0.5) is 0 Å². The van der Waals surface area contributed by atoms with Gasteiger partial charge in [0.25, 0.3) is 5.91 Å². The van der Waals surface area contributed by atoms with Gasteiger partial charge in [0.15, 0.2) is 0 Å². The lowest BCUT2D eigenvalue weighted by Crippen LogP contribution is -2.30. The van der Waals surface area contributed by atoms with Gasteiger partial charge in [0.05, 0.1) is 23.2 Å². The van der Waals surface area contributed by atoms with E-state index >= 15 is 0 Å². The highest BCUT2D eigenvalue weighted by Crippen LogP contribution is 2.21. The van der Waals surface area contributed by atoms with Crippen LogP contribution in [0.1, 0.15) is 28.6 Å². The molecule has 1 heterocycles. The van der Waals surface area contributed by atoms with Crippen molar-refractivity contribution in [3.05, 3.63) is 58.5 Å². The number of carboxylic acids is 1. The Labute approximate surface area is 123 Å². The lowest BCUT2D eigenvalue weighted by Gasteiger charge is -2.16. The number of nitrogens with one attached hydrogen (secondary N) is 1. The molecule has 1 aromatic heterocycles. The minimum absolute atomic E-state index is 0.122. The Morgan fingerprint density at radius 3 is 2.50 bits per heavy atom. The number of halogens is 1. The molecule has 20 heavy (non-hydrogen) atoms. The Bertz CT molecular complexity index is 609. The molecule has 0 bridgehead atoms. The summed E-state index contributed by atoms with van der Waals surface area (Å²) in [6, 6.07) is 9.93. The molecule has 0 aliphatic heterocycles. The first-order chi connectivity index (χ1) is 9.58. The van der Waals surface area contributed by atoms with Gasteiger partial charge in [-0.15, -0.1) is 0 Å². The molecule has 2 N–H and O–H groups in total. The second-order valence-electron chi connectivity index (χ2n) is 4.13. The number of amides is 1. The van der Waals surface area contributed by atoms with Crippen molar-refractivity contribution < 1.29 is 19.1 Å². The minimum atomic E-state index is -0.988. The van der Waals surface area contributed by atoms with Crippen LogP contribution in [-0.2, 0) is 4.79 Å². The second-order valence-corrected chi connectivity index (χ2v) is 4.99. The summed E-state index contributed by atoms with van der Waals surface area (Å²) < 4.78 is 5.59. The normalized spacial score (nSPS) is 11.8. The van der Waals surface area contributed by atoms with Crippen molar-refractivity contribution in [1.82, 2.24) is 5.32 Å². The summed E-state index contributed by atoms with van der Waals surface area (Å²) in [4.78, 5) is 23.0. The molecule has 2 rings (SSSR count). The fourth-order valence-corrected chi connectivity index (χ4v) is 2.17. The van der Waals surface area contributed by atoms with Crippen LogP contribution in [0, 0.1) is 0 Å². The molecule has 2 aromatic rings. The first-order valence-electron chi connectivity index (χ1n) is 5.88. The third-order valence-electron chi connectivity index (χ3n) is 2.71. The van der Waals surface area contributed by atoms with Crippen LogP contribution in [0.2, 0.25) is 0 Å². The highest BCUT2D eigenvalue weighted by molar-refractivity contribution is 9.10. The summed E-state index contributed by atoms with van der Waals surface area (Å²) in [5, 5.41) is 11.6. The maximum Gasteiger partial charge on any atom is 0.305 e. The lowest BCUT2D eigenvalue weighted by molar-refractivity contribution is -0.137. The number of aliphatic carboxylic acids is 1. The Kier molecular flexibility index (Phi) is 4.57. The quantitative estimate of drug-likeness (QED) is 0.878. The van der Waals surface area contributed by atoms with E-state index in [0.717, 1.165) is 5.56 Å². The smallest absolute Gasteiger partial charge is 0.305 e. The van der Waals surface area contributed by atoms with Gasteiger partial charge >= 0.3 is 5.97 Å². The first-order valence-corrected chi connectivity index (χ1v) is 6.68. The van der Waals surface area contributed by atoms with Crippen molar-refractivity contribution in [2.24, 2.45) is 0 Å². The largest absolute Gasteiger partial charge is 0.481 e. The molecule has 6 heteroatoms. The van der Waals surface area contributed by atoms with E-state index < -0.39 is 17.9 Å². The molecule has 0 fully saturated rings. The number of carbonyl (C=O) groups excluding carboxylic acids is 1. The molecule has 0 radical (unpaired) electrons. The number of furan rings is 1. The molecule has 5 nitrogen and oxygen atoms in total. The molecular formula is C14H12BrNO4. The molecule has 0 aliphatic rings. The number of carboxylic acid groups (broad SMARTS) is 1. The summed E-state index contributed by atoms with van der Waals surface area (Å²) >= 11 is 3.19. The molecule has 0 spiro atoms. The van der Waals surface area contributed by atoms with Gasteiger partial charge in [-0.25, -0.2) is 0 Å². The van der Waals surface area contributed by atoms with Crippen molar-refractivity contribution in [3.8, 4) is 0 Å². The molecule has 1 atom stereocenters. The van der Waals surface area contributed by atoms with Crippen LogP contribution in [0.5, 0.6) is 0 Å². The van der Waals surface area contributed by atoms with Crippen LogP contribution < -0.4 is 5.32 Å². The Morgan fingerprint density at radius 2 is 1.95 bits per heavy atom. The summed E-state index contributed by atoms with van der Waals surface area (Å²) in [7, 11) is 0. The van der Waals surface area contributed by atoms with Gasteiger partial charge in [0.2, 0.25) is 5.76 Å². The van der Waals surface area contributed by atoms with E-state index in [4.69, 9.17) is 9.52 Å². The third-order valence-corrected chi connectivity index (χ3v) is 3.33. The van der Waals surface area contributed by atoms with E-state index in [1.165, 1.54) is 6.26 Å². The van der Waals surface area contributed by atoms with Gasteiger partial charge in [-0.1, -0.05) is 30.3 Å². The maximum atomic E-state index is 12.1. The fraction of sp³-hybridized carbons (Fsp3) is 0.143. The van der Waals surface area contributed by atoms with E-state index in [9.17, 15) is 9.59 Å². The number of rotatable bonds is 5. The second kappa shape index (κ2) is 6.38. The maximum absolute atomic E-state index is 12.1. The average molecular weight is 338 g/mol. The monoisotopic (exact) mass is 337 g/mol. The standard InChI is InChI=1S/C14H12BrNO4/c15-10-6-7-20-13(10)14(19)16-11(8-12(17)18)9-4-2-1-3-5-9/h1-7,11H,8H2,(H,16,19)(H,17,18)/t11-/m1/s1. The molecular weight excluding hydrogens is 326 g/mol. The zero-order valence-corrected chi connectivity index (χ0v) is 12.0. The molecule has 0 unspecified atom stereocenters. The summed E-state index contributed by atoms with van der Waals surface area (Å²) in [5.41, 5.74) is 0.728. The van der Waals surface area contributed by atoms with Crippen molar-refractivity contribution in [2.75, 3.05) is 0 Å². The highest BCUT2D eigenvalue weighted by atomic mass is 79.9. The molecule has 1 aromatic carbocycles. The summed E-state index contributed by atoms with van der Waals surface area (Å²) in [5.74, 6) is -1.33. The molecule has 0 saturated heterocycles. The lowest BCUT2D eigenvalue weighted by atomic mass is 10.0. The Balaban J connectivity index is 2.18. The van der Waals surface area contributed by atoms with Crippen LogP contribution in [0.3, 0.4) is 0 Å². The van der Waals surface area contributed by atoms with Gasteiger partial charge in [0, 0.05) is 0 Å². The van der Waals surface area contributed by atoms with Crippen LogP contribution in [-0.4, -0.2) is 17.0 Å². The first kappa shape index (κ1) is 14.3. The van der Waals surface area contributed by atoms with Gasteiger partial charge in [-0.05, 0) is 27.6 Å². The van der Waals surface area contributed by atoms with E-state index in [0.29, 0.717) is 4.47 Å². The third kappa shape index (κ3) is 3.48. The molecule has 0 aliphatic carbocycles. The van der Waals surface area contributed by atoms with Crippen molar-refractivity contribution >= 4 is 27.8 Å². The minimum Gasteiger partial charge on any atom is -0.481 e. The SMILES string of the molecule is O=C(O)C[C@@H](NC(=O)c1occc1Br)c1ccccc1. The number of hydrogen-bond acceptors (Lipinski definition) is 3. The van der Waals surface area contributed by atoms with Gasteiger partial charge in [-0.3, -0.25) is 9.59 Å². The highest BCUT2D eigenvalue weighted by Gasteiger charge is 2.21. The Morgan fingerprint density at radius 1 is 1.25 bits per heavy atom. The van der Waals surface area contributed by atoms with Crippen molar-refractivity contribution in [1.29, 1.82) is 0 Å². The van der Waals surface area contributed by atoms with Gasteiger partial charge in [0.1, 0.15) is 0 Å². The van der Waals surface area contributed by atoms with Crippen LogP contribution in [0.15, 0.2) is 51.6 Å². The predicted molar refractivity (Wildman–Crippen MR) is 75.3 cm³/mol. The molecule has 104 valence electrons. The number of carbonyl (C=O) groups is 2. The van der Waals surface area contributed by atoms with E-state index in [-0.39, 0.29) is 12.2 Å². The van der Waals surface area contributed by atoms with E-state index in [2.05, 4.69) is 21.2 Å². The van der Waals surface area contributed by atoms with E-state index in [1.807, 2.05) is 6.07 Å². The zero-order chi connectivity index (χ0) is 14.5. The molecule has 1 amide bonds. The topological polar surface area (TPSA) is 79.5 Å². The predicted octanol–water partition coefficient (Wildman–Crippen LogP) is 2.99. The van der Waals surface area contributed by atoms with Crippen LogP contribution >= 0.6 is 15.9 Å². The van der Waals surface area contributed by atoms with E-state index in [1.54, 1.807) is 30.3 Å². The average Bonchev–Trinajstić information content (AvgIpc) is 2.85.